The largest absolute Gasteiger partial charge is 0.467 e. The zero-order chi connectivity index (χ0) is 17.1. The Morgan fingerprint density at radius 2 is 2.00 bits per heavy atom. The van der Waals surface area contributed by atoms with E-state index in [1.807, 2.05) is 43.6 Å². The van der Waals surface area contributed by atoms with Crippen LogP contribution in [0.5, 0.6) is 0 Å². The first-order valence-electron chi connectivity index (χ1n) is 7.89. The van der Waals surface area contributed by atoms with E-state index in [2.05, 4.69) is 37.8 Å². The molecule has 0 atom stereocenters. The minimum atomic E-state index is 0.580. The Kier molecular flexibility index (Phi) is 4.26. The fraction of sp³-hybridized carbons (Fsp3) is 0.105. The highest BCUT2D eigenvalue weighted by Gasteiger charge is 2.08. The van der Waals surface area contributed by atoms with Crippen molar-refractivity contribution in [3.63, 3.8) is 0 Å². The molecule has 124 valence electrons. The number of pyridine rings is 1. The molecule has 0 fully saturated rings. The van der Waals surface area contributed by atoms with E-state index < -0.39 is 0 Å². The summed E-state index contributed by atoms with van der Waals surface area (Å²) in [4.78, 5) is 14.6. The van der Waals surface area contributed by atoms with Crippen molar-refractivity contribution in [2.45, 2.75) is 13.5 Å². The number of hydrogen-bond donors (Lipinski definition) is 1. The standard InChI is InChI=1S/C19H16N4OS/c1-13-22-17(9-19(23-13)21-12-16-4-2-6-24-16)14-8-15(11-20-10-14)18-5-3-7-25-18/h2-11H,12H2,1H3,(H,21,22,23). The summed E-state index contributed by atoms with van der Waals surface area (Å²) in [7, 11) is 0. The predicted molar refractivity (Wildman–Crippen MR) is 99.3 cm³/mol. The van der Waals surface area contributed by atoms with Gasteiger partial charge in [-0.3, -0.25) is 4.98 Å². The highest BCUT2D eigenvalue weighted by Crippen LogP contribution is 2.28. The smallest absolute Gasteiger partial charge is 0.130 e. The third-order valence-electron chi connectivity index (χ3n) is 3.70. The van der Waals surface area contributed by atoms with Gasteiger partial charge in [0.15, 0.2) is 0 Å². The fourth-order valence-electron chi connectivity index (χ4n) is 2.55. The lowest BCUT2D eigenvalue weighted by Gasteiger charge is -2.08. The van der Waals surface area contributed by atoms with Gasteiger partial charge in [-0.25, -0.2) is 9.97 Å². The summed E-state index contributed by atoms with van der Waals surface area (Å²) in [5.74, 6) is 2.33. The molecule has 0 aromatic carbocycles. The van der Waals surface area contributed by atoms with Gasteiger partial charge in [0.1, 0.15) is 17.4 Å². The van der Waals surface area contributed by atoms with Crippen LogP contribution < -0.4 is 5.32 Å². The fourth-order valence-corrected chi connectivity index (χ4v) is 3.26. The van der Waals surface area contributed by atoms with Crippen LogP contribution in [0.1, 0.15) is 11.6 Å². The molecule has 5 nitrogen and oxygen atoms in total. The second-order valence-corrected chi connectivity index (χ2v) is 6.51. The summed E-state index contributed by atoms with van der Waals surface area (Å²) in [5, 5.41) is 5.34. The number of nitrogens with one attached hydrogen (secondary N) is 1. The van der Waals surface area contributed by atoms with Gasteiger partial charge in [0.05, 0.1) is 18.5 Å². The molecule has 0 unspecified atom stereocenters. The molecule has 0 radical (unpaired) electrons. The van der Waals surface area contributed by atoms with Crippen molar-refractivity contribution >= 4 is 17.2 Å². The summed E-state index contributed by atoms with van der Waals surface area (Å²) in [6.07, 6.45) is 5.37. The zero-order valence-corrected chi connectivity index (χ0v) is 14.5. The number of thiophene rings is 1. The molecule has 0 aliphatic rings. The summed E-state index contributed by atoms with van der Waals surface area (Å²) in [6.45, 7) is 2.47. The van der Waals surface area contributed by atoms with E-state index in [1.54, 1.807) is 17.6 Å². The van der Waals surface area contributed by atoms with Gasteiger partial charge >= 0.3 is 0 Å². The Bertz CT molecular complexity index is 965. The molecule has 4 heterocycles. The molecule has 4 aromatic heterocycles. The molecule has 0 saturated carbocycles. The van der Waals surface area contributed by atoms with Crippen LogP contribution in [0, 0.1) is 6.92 Å². The first kappa shape index (κ1) is 15.5. The normalized spacial score (nSPS) is 10.8. The maximum Gasteiger partial charge on any atom is 0.130 e. The number of aromatic nitrogens is 3. The summed E-state index contributed by atoms with van der Waals surface area (Å²) < 4.78 is 5.34. The van der Waals surface area contributed by atoms with E-state index in [1.165, 1.54) is 4.88 Å². The van der Waals surface area contributed by atoms with Gasteiger partial charge in [0.25, 0.3) is 0 Å². The molecule has 0 bridgehead atoms. The van der Waals surface area contributed by atoms with Crippen LogP contribution in [0.4, 0.5) is 5.82 Å². The topological polar surface area (TPSA) is 63.8 Å². The Morgan fingerprint density at radius 3 is 2.80 bits per heavy atom. The van der Waals surface area contributed by atoms with E-state index in [-0.39, 0.29) is 0 Å². The maximum absolute atomic E-state index is 5.34. The van der Waals surface area contributed by atoms with Gasteiger partial charge in [-0.2, -0.15) is 0 Å². The number of furan rings is 1. The second-order valence-electron chi connectivity index (χ2n) is 5.56. The molecule has 0 saturated heterocycles. The van der Waals surface area contributed by atoms with Gasteiger partial charge in [-0.15, -0.1) is 11.3 Å². The third kappa shape index (κ3) is 3.59. The van der Waals surface area contributed by atoms with Crippen molar-refractivity contribution in [2.24, 2.45) is 0 Å². The van der Waals surface area contributed by atoms with Crippen LogP contribution in [0.2, 0.25) is 0 Å². The summed E-state index contributed by atoms with van der Waals surface area (Å²) in [6, 6.07) is 12.0. The van der Waals surface area contributed by atoms with Crippen LogP contribution in [0.25, 0.3) is 21.7 Å². The number of hydrogen-bond acceptors (Lipinski definition) is 6. The van der Waals surface area contributed by atoms with Crippen LogP contribution in [0.15, 0.2) is 64.9 Å². The lowest BCUT2D eigenvalue weighted by Crippen LogP contribution is -2.03. The lowest BCUT2D eigenvalue weighted by atomic mass is 10.1. The van der Waals surface area contributed by atoms with Crippen LogP contribution >= 0.6 is 11.3 Å². The molecular weight excluding hydrogens is 332 g/mol. The summed E-state index contributed by atoms with van der Waals surface area (Å²) in [5.41, 5.74) is 2.91. The molecule has 4 rings (SSSR count). The first-order chi connectivity index (χ1) is 12.3. The van der Waals surface area contributed by atoms with Crippen molar-refractivity contribution in [3.05, 3.63) is 72.0 Å². The highest BCUT2D eigenvalue weighted by molar-refractivity contribution is 7.13. The molecule has 0 aliphatic heterocycles. The van der Waals surface area contributed by atoms with E-state index in [0.29, 0.717) is 12.4 Å². The Hall–Kier alpha value is -2.99. The number of anilines is 1. The Balaban J connectivity index is 1.63. The van der Waals surface area contributed by atoms with Gasteiger partial charge < -0.3 is 9.73 Å². The van der Waals surface area contributed by atoms with Gasteiger partial charge in [-0.05, 0) is 36.6 Å². The van der Waals surface area contributed by atoms with Crippen molar-refractivity contribution in [2.75, 3.05) is 5.32 Å². The molecule has 0 aliphatic carbocycles. The molecule has 0 spiro atoms. The van der Waals surface area contributed by atoms with Gasteiger partial charge in [0, 0.05) is 34.5 Å². The van der Waals surface area contributed by atoms with E-state index in [9.17, 15) is 0 Å². The third-order valence-corrected chi connectivity index (χ3v) is 4.62. The predicted octanol–water partition coefficient (Wildman–Crippen LogP) is 4.78. The lowest BCUT2D eigenvalue weighted by molar-refractivity contribution is 0.518. The SMILES string of the molecule is Cc1nc(NCc2ccco2)cc(-c2cncc(-c3cccs3)c2)n1. The number of rotatable bonds is 5. The van der Waals surface area contributed by atoms with Gasteiger partial charge in [0.2, 0.25) is 0 Å². The monoisotopic (exact) mass is 348 g/mol. The second kappa shape index (κ2) is 6.86. The summed E-state index contributed by atoms with van der Waals surface area (Å²) >= 11 is 1.70. The molecular formula is C19H16N4OS. The van der Waals surface area contributed by atoms with Gasteiger partial charge in [-0.1, -0.05) is 6.07 Å². The molecule has 25 heavy (non-hydrogen) atoms. The van der Waals surface area contributed by atoms with Crippen LogP contribution in [0.3, 0.4) is 0 Å². The average molecular weight is 348 g/mol. The molecule has 4 aromatic rings. The van der Waals surface area contributed by atoms with E-state index in [4.69, 9.17) is 4.42 Å². The van der Waals surface area contributed by atoms with Crippen molar-refractivity contribution in [1.82, 2.24) is 15.0 Å². The molecule has 1 N–H and O–H groups in total. The van der Waals surface area contributed by atoms with E-state index >= 15 is 0 Å². The Labute approximate surface area is 149 Å². The average Bonchev–Trinajstić information content (AvgIpc) is 3.33. The molecule has 6 heteroatoms. The van der Waals surface area contributed by atoms with Crippen LogP contribution in [-0.2, 0) is 6.54 Å². The quantitative estimate of drug-likeness (QED) is 0.562. The molecule has 0 amide bonds. The van der Waals surface area contributed by atoms with E-state index in [0.717, 1.165) is 28.4 Å². The van der Waals surface area contributed by atoms with Crippen molar-refractivity contribution in [3.8, 4) is 21.7 Å². The zero-order valence-electron chi connectivity index (χ0n) is 13.6. The number of aryl methyl sites for hydroxylation is 1. The Morgan fingerprint density at radius 1 is 1.08 bits per heavy atom. The first-order valence-corrected chi connectivity index (χ1v) is 8.77. The minimum absolute atomic E-state index is 0.580. The number of nitrogens with zero attached hydrogens (tertiary/aromatic N) is 3. The van der Waals surface area contributed by atoms with Crippen LogP contribution in [-0.4, -0.2) is 15.0 Å². The van der Waals surface area contributed by atoms with Crippen molar-refractivity contribution < 1.29 is 4.42 Å². The highest BCUT2D eigenvalue weighted by atomic mass is 32.1. The maximum atomic E-state index is 5.34. The minimum Gasteiger partial charge on any atom is -0.467 e. The van der Waals surface area contributed by atoms with Crippen molar-refractivity contribution in [1.29, 1.82) is 0 Å².